The molecule has 2 nitrogen and oxygen atoms in total. The normalized spacial score (nSPS) is 10.4. The van der Waals surface area contributed by atoms with Crippen LogP contribution in [0.1, 0.15) is 22.3 Å². The van der Waals surface area contributed by atoms with Crippen molar-refractivity contribution >= 4 is 43.5 Å². The highest BCUT2D eigenvalue weighted by molar-refractivity contribution is 9.10. The molecule has 0 unspecified atom stereocenters. The highest BCUT2D eigenvalue weighted by Gasteiger charge is 2.09. The summed E-state index contributed by atoms with van der Waals surface area (Å²) in [5, 5.41) is 3.74. The van der Waals surface area contributed by atoms with Crippen LogP contribution in [0.4, 0.5) is 10.1 Å². The Bertz CT molecular complexity index is 646. The lowest BCUT2D eigenvalue weighted by atomic mass is 10.1. The van der Waals surface area contributed by atoms with E-state index in [4.69, 9.17) is 0 Å². The molecule has 0 spiro atoms. The summed E-state index contributed by atoms with van der Waals surface area (Å²) in [6.07, 6.45) is 1.98. The van der Waals surface area contributed by atoms with Crippen molar-refractivity contribution in [3.05, 3.63) is 63.9 Å². The predicted octanol–water partition coefficient (Wildman–Crippen LogP) is 5.17. The van der Waals surface area contributed by atoms with Gasteiger partial charge in [0, 0.05) is 16.6 Å². The maximum Gasteiger partial charge on any atom is 0.255 e. The highest BCUT2D eigenvalue weighted by atomic mass is 79.9. The molecule has 0 bridgehead atoms. The molecule has 0 heterocycles. The lowest BCUT2D eigenvalue weighted by molar-refractivity contribution is 0.102. The van der Waals surface area contributed by atoms with E-state index in [1.54, 1.807) is 6.07 Å². The maximum absolute atomic E-state index is 13.5. The van der Waals surface area contributed by atoms with Gasteiger partial charge in [-0.3, -0.25) is 4.79 Å². The van der Waals surface area contributed by atoms with Crippen LogP contribution in [0.2, 0.25) is 0 Å². The molecule has 0 radical (unpaired) electrons. The van der Waals surface area contributed by atoms with Gasteiger partial charge < -0.3 is 5.32 Å². The lowest BCUT2D eigenvalue weighted by Gasteiger charge is -2.08. The molecule has 0 saturated heterocycles. The first kappa shape index (κ1) is 16.2. The van der Waals surface area contributed by atoms with Gasteiger partial charge in [0.05, 0.1) is 4.47 Å². The third kappa shape index (κ3) is 4.64. The summed E-state index contributed by atoms with van der Waals surface area (Å²) in [5.74, 6) is -0.771. The summed E-state index contributed by atoms with van der Waals surface area (Å²) in [6.45, 7) is 0. The minimum Gasteiger partial charge on any atom is -0.322 e. The number of carbonyl (C=O) groups excluding carboxylic acids is 1. The van der Waals surface area contributed by atoms with Crippen LogP contribution in [0.25, 0.3) is 0 Å². The number of carbonyl (C=O) groups is 1. The maximum atomic E-state index is 13.5. The summed E-state index contributed by atoms with van der Waals surface area (Å²) < 4.78 is 13.8. The fraction of sp³-hybridized carbons (Fsp3) is 0.188. The Kier molecular flexibility index (Phi) is 5.94. The number of rotatable bonds is 5. The lowest BCUT2D eigenvalue weighted by Crippen LogP contribution is -2.12. The quantitative estimate of drug-likeness (QED) is 0.672. The molecule has 5 heteroatoms. The molecule has 1 amide bonds. The van der Waals surface area contributed by atoms with Crippen molar-refractivity contribution in [1.82, 2.24) is 0 Å². The molecule has 0 aliphatic heterocycles. The summed E-state index contributed by atoms with van der Waals surface area (Å²) in [7, 11) is 0. The molecule has 0 aliphatic rings. The van der Waals surface area contributed by atoms with Crippen LogP contribution >= 0.6 is 31.9 Å². The number of hydrogen-bond donors (Lipinski definition) is 1. The van der Waals surface area contributed by atoms with Gasteiger partial charge in [0.15, 0.2) is 0 Å². The minimum absolute atomic E-state index is 0.293. The molecule has 0 saturated carbocycles. The third-order valence-corrected chi connectivity index (χ3v) is 4.17. The largest absolute Gasteiger partial charge is 0.322 e. The van der Waals surface area contributed by atoms with E-state index in [9.17, 15) is 9.18 Å². The zero-order chi connectivity index (χ0) is 15.2. The first-order valence-electron chi connectivity index (χ1n) is 6.51. The number of alkyl halides is 1. The van der Waals surface area contributed by atoms with E-state index in [0.717, 1.165) is 29.4 Å². The van der Waals surface area contributed by atoms with E-state index in [1.165, 1.54) is 12.1 Å². The molecule has 110 valence electrons. The molecule has 0 aromatic heterocycles. The SMILES string of the molecule is O=C(Nc1cccc(CCCBr)c1)c1ccc(Br)c(F)c1. The fourth-order valence-corrected chi connectivity index (χ4v) is 2.44. The summed E-state index contributed by atoms with van der Waals surface area (Å²) in [6, 6.07) is 12.0. The first-order chi connectivity index (χ1) is 10.1. The second-order valence-corrected chi connectivity index (χ2v) is 6.22. The van der Waals surface area contributed by atoms with Gasteiger partial charge in [-0.2, -0.15) is 0 Å². The van der Waals surface area contributed by atoms with Crippen LogP contribution in [0, 0.1) is 5.82 Å². The van der Waals surface area contributed by atoms with Crippen LogP contribution in [0.15, 0.2) is 46.9 Å². The van der Waals surface area contributed by atoms with E-state index < -0.39 is 5.82 Å². The Labute approximate surface area is 140 Å². The zero-order valence-electron chi connectivity index (χ0n) is 11.2. The topological polar surface area (TPSA) is 29.1 Å². The second kappa shape index (κ2) is 7.71. The van der Waals surface area contributed by atoms with Gasteiger partial charge >= 0.3 is 0 Å². The molecule has 2 aromatic rings. The fourth-order valence-electron chi connectivity index (χ4n) is 1.92. The molecule has 0 atom stereocenters. The summed E-state index contributed by atoms with van der Waals surface area (Å²) in [5.41, 5.74) is 2.17. The van der Waals surface area contributed by atoms with E-state index in [-0.39, 0.29) is 5.91 Å². The summed E-state index contributed by atoms with van der Waals surface area (Å²) in [4.78, 5) is 12.1. The van der Waals surface area contributed by atoms with Gasteiger partial charge in [0.25, 0.3) is 5.91 Å². The van der Waals surface area contributed by atoms with E-state index in [1.807, 2.05) is 24.3 Å². The van der Waals surface area contributed by atoms with Gasteiger partial charge in [-0.15, -0.1) is 0 Å². The van der Waals surface area contributed by atoms with Crippen molar-refractivity contribution in [2.24, 2.45) is 0 Å². The van der Waals surface area contributed by atoms with Gasteiger partial charge in [0.2, 0.25) is 0 Å². The number of halogens is 3. The van der Waals surface area contributed by atoms with Crippen LogP contribution in [-0.4, -0.2) is 11.2 Å². The molecule has 0 aliphatic carbocycles. The molecule has 0 fully saturated rings. The average Bonchev–Trinajstić information content (AvgIpc) is 2.48. The molecule has 2 aromatic carbocycles. The number of amides is 1. The first-order valence-corrected chi connectivity index (χ1v) is 8.43. The number of benzene rings is 2. The van der Waals surface area contributed by atoms with Crippen molar-refractivity contribution in [3.8, 4) is 0 Å². The molecule has 1 N–H and O–H groups in total. The zero-order valence-corrected chi connectivity index (χ0v) is 14.4. The predicted molar refractivity (Wildman–Crippen MR) is 90.6 cm³/mol. The Morgan fingerprint density at radius 2 is 2.00 bits per heavy atom. The number of aryl methyl sites for hydroxylation is 1. The Morgan fingerprint density at radius 1 is 1.19 bits per heavy atom. The standard InChI is InChI=1S/C16H14Br2FNO/c17-8-2-4-11-3-1-5-13(9-11)20-16(21)12-6-7-14(18)15(19)10-12/h1,3,5-7,9-10H,2,4,8H2,(H,20,21). The third-order valence-electron chi connectivity index (χ3n) is 2.97. The van der Waals surface area contributed by atoms with E-state index >= 15 is 0 Å². The monoisotopic (exact) mass is 413 g/mol. The second-order valence-electron chi connectivity index (χ2n) is 4.58. The van der Waals surface area contributed by atoms with Crippen LogP contribution in [-0.2, 0) is 6.42 Å². The Morgan fingerprint density at radius 3 is 2.71 bits per heavy atom. The molecule has 2 rings (SSSR count). The van der Waals surface area contributed by atoms with Crippen LogP contribution in [0.5, 0.6) is 0 Å². The number of hydrogen-bond acceptors (Lipinski definition) is 1. The number of nitrogens with one attached hydrogen (secondary N) is 1. The Balaban J connectivity index is 2.10. The molecule has 21 heavy (non-hydrogen) atoms. The highest BCUT2D eigenvalue weighted by Crippen LogP contribution is 2.18. The van der Waals surface area contributed by atoms with Crippen molar-refractivity contribution in [2.45, 2.75) is 12.8 Å². The molecular formula is C16H14Br2FNO. The average molecular weight is 415 g/mol. The van der Waals surface area contributed by atoms with Gasteiger partial charge in [-0.25, -0.2) is 4.39 Å². The van der Waals surface area contributed by atoms with E-state index in [2.05, 4.69) is 37.2 Å². The van der Waals surface area contributed by atoms with Gasteiger partial charge in [0.1, 0.15) is 5.82 Å². The van der Waals surface area contributed by atoms with E-state index in [0.29, 0.717) is 10.0 Å². The van der Waals surface area contributed by atoms with Crippen LogP contribution in [0.3, 0.4) is 0 Å². The smallest absolute Gasteiger partial charge is 0.255 e. The van der Waals surface area contributed by atoms with Gasteiger partial charge in [-0.1, -0.05) is 28.1 Å². The Hall–Kier alpha value is -1.20. The molecular weight excluding hydrogens is 401 g/mol. The van der Waals surface area contributed by atoms with Crippen molar-refractivity contribution in [2.75, 3.05) is 10.6 Å². The van der Waals surface area contributed by atoms with Crippen LogP contribution < -0.4 is 5.32 Å². The number of anilines is 1. The van der Waals surface area contributed by atoms with Crippen molar-refractivity contribution in [1.29, 1.82) is 0 Å². The summed E-state index contributed by atoms with van der Waals surface area (Å²) >= 11 is 6.47. The van der Waals surface area contributed by atoms with Gasteiger partial charge in [-0.05, 0) is 64.7 Å². The van der Waals surface area contributed by atoms with Crippen molar-refractivity contribution < 1.29 is 9.18 Å². The van der Waals surface area contributed by atoms with Crippen molar-refractivity contribution in [3.63, 3.8) is 0 Å². The minimum atomic E-state index is -0.450.